The van der Waals surface area contributed by atoms with Crippen molar-refractivity contribution in [2.24, 2.45) is 23.6 Å². The van der Waals surface area contributed by atoms with E-state index in [1.807, 2.05) is 20.8 Å². The Morgan fingerprint density at radius 1 is 0.797 bits per heavy atom. The normalized spacial score (nSPS) is 21.1. The molecule has 2 unspecified atom stereocenters. The summed E-state index contributed by atoms with van der Waals surface area (Å²) in [6.07, 6.45) is 6.75. The van der Waals surface area contributed by atoms with Crippen LogP contribution in [0.3, 0.4) is 0 Å². The van der Waals surface area contributed by atoms with Gasteiger partial charge in [-0.1, -0.05) is 124 Å². The van der Waals surface area contributed by atoms with E-state index in [9.17, 15) is 44.7 Å². The van der Waals surface area contributed by atoms with E-state index in [-0.39, 0.29) is 55.5 Å². The fourth-order valence-electron chi connectivity index (χ4n) is 7.82. The summed E-state index contributed by atoms with van der Waals surface area (Å²) in [6.45, 7) is 8.79. The predicted molar refractivity (Wildman–Crippen MR) is 244 cm³/mol. The highest BCUT2D eigenvalue weighted by Crippen LogP contribution is 2.25. The van der Waals surface area contributed by atoms with Gasteiger partial charge in [0.1, 0.15) is 31.0 Å². The molecule has 1 fully saturated rings. The number of Topliss-reactive ketones (excluding diaryl/α,β-unsaturated/α-hetero) is 1. The molecule has 0 spiro atoms. The van der Waals surface area contributed by atoms with Crippen molar-refractivity contribution in [2.45, 2.75) is 199 Å². The molecule has 1 aliphatic rings. The SMILES string of the molecule is CCCCCCCCCCCCCC[C@@H](C)[C@@H](O)[C@H](CO[C@H]1OC(CO)[C@H](O)[C@H](O)C1O)NC(=O)OCc1ccc(NC(=O)[C@H](CCCNN)CC(=O)[C@@H](NC(=O)CC)C(C)C)cc1. The first-order chi connectivity index (χ1) is 30.7. The number of carbonyl (C=O) groups excluding carboxylic acids is 4. The fraction of sp³-hybridized carbons (Fsp3) is 0.787. The number of alkyl carbamates (subject to hydrolysis) is 1. The van der Waals surface area contributed by atoms with E-state index in [1.54, 1.807) is 31.2 Å². The lowest BCUT2D eigenvalue weighted by Gasteiger charge is -2.40. The highest BCUT2D eigenvalue weighted by atomic mass is 16.7. The minimum absolute atomic E-state index is 0.0638. The van der Waals surface area contributed by atoms with Gasteiger partial charge in [0.05, 0.1) is 31.4 Å². The third-order valence-corrected chi connectivity index (χ3v) is 12.0. The van der Waals surface area contributed by atoms with E-state index in [1.165, 1.54) is 57.8 Å². The van der Waals surface area contributed by atoms with Crippen molar-refractivity contribution in [1.82, 2.24) is 16.1 Å². The highest BCUT2D eigenvalue weighted by molar-refractivity contribution is 5.97. The molecule has 0 radical (unpaired) electrons. The minimum atomic E-state index is -1.66. The van der Waals surface area contributed by atoms with Gasteiger partial charge in [-0.05, 0) is 48.8 Å². The van der Waals surface area contributed by atoms with E-state index in [0.717, 1.165) is 19.3 Å². The number of benzene rings is 1. The van der Waals surface area contributed by atoms with Crippen LogP contribution >= 0.6 is 0 Å². The molecule has 2 rings (SSSR count). The average Bonchev–Trinajstić information content (AvgIpc) is 3.28. The summed E-state index contributed by atoms with van der Waals surface area (Å²) in [7, 11) is 0. The van der Waals surface area contributed by atoms with Crippen LogP contribution in [-0.4, -0.2) is 118 Å². The summed E-state index contributed by atoms with van der Waals surface area (Å²) in [5, 5.41) is 60.4. The number of ketones is 1. The number of hydrogen-bond acceptors (Lipinski definition) is 14. The Morgan fingerprint density at radius 2 is 1.41 bits per heavy atom. The predicted octanol–water partition coefficient (Wildman–Crippen LogP) is 4.49. The zero-order valence-electron chi connectivity index (χ0n) is 39.2. The number of nitrogens with two attached hydrogens (primary N) is 1. The van der Waals surface area contributed by atoms with Crippen LogP contribution in [0.5, 0.6) is 0 Å². The fourth-order valence-corrected chi connectivity index (χ4v) is 7.82. The van der Waals surface area contributed by atoms with E-state index >= 15 is 0 Å². The topological polar surface area (TPSA) is 271 Å². The number of amides is 3. The van der Waals surface area contributed by atoms with Gasteiger partial charge in [-0.3, -0.25) is 25.7 Å². The van der Waals surface area contributed by atoms with Crippen LogP contribution in [0.2, 0.25) is 0 Å². The number of nitrogens with one attached hydrogen (secondary N) is 4. The Bertz CT molecular complexity index is 1450. The van der Waals surface area contributed by atoms with Gasteiger partial charge in [0.2, 0.25) is 11.8 Å². The average molecular weight is 910 g/mol. The smallest absolute Gasteiger partial charge is 0.407 e. The number of rotatable bonds is 34. The summed E-state index contributed by atoms with van der Waals surface area (Å²) in [5.74, 6) is 3.52. The van der Waals surface area contributed by atoms with Gasteiger partial charge in [-0.25, -0.2) is 4.79 Å². The highest BCUT2D eigenvalue weighted by Gasteiger charge is 2.44. The Hall–Kier alpha value is -3.26. The molecule has 0 aromatic heterocycles. The first-order valence-electron chi connectivity index (χ1n) is 23.9. The van der Waals surface area contributed by atoms with Gasteiger partial charge in [-0.15, -0.1) is 0 Å². The number of aliphatic hydroxyl groups excluding tert-OH is 5. The number of anilines is 1. The molecule has 1 heterocycles. The van der Waals surface area contributed by atoms with E-state index in [2.05, 4.69) is 28.3 Å². The molecule has 0 bridgehead atoms. The number of ether oxygens (including phenoxy) is 3. The van der Waals surface area contributed by atoms with Crippen molar-refractivity contribution in [3.63, 3.8) is 0 Å². The molecule has 17 heteroatoms. The van der Waals surface area contributed by atoms with Crippen molar-refractivity contribution in [2.75, 3.05) is 25.1 Å². The lowest BCUT2D eigenvalue weighted by atomic mass is 9.89. The third-order valence-electron chi connectivity index (χ3n) is 12.0. The molecule has 1 saturated heterocycles. The van der Waals surface area contributed by atoms with E-state index in [4.69, 9.17) is 20.1 Å². The van der Waals surface area contributed by atoms with Crippen LogP contribution in [0.25, 0.3) is 0 Å². The summed E-state index contributed by atoms with van der Waals surface area (Å²) in [4.78, 5) is 52.0. The van der Waals surface area contributed by atoms with Crippen molar-refractivity contribution >= 4 is 29.4 Å². The van der Waals surface area contributed by atoms with Crippen LogP contribution < -0.4 is 27.2 Å². The number of carbonyl (C=O) groups is 4. The number of unbranched alkanes of at least 4 members (excludes halogenated alkanes) is 11. The first kappa shape index (κ1) is 56.9. The second kappa shape index (κ2) is 32.4. The van der Waals surface area contributed by atoms with Crippen LogP contribution in [-0.2, 0) is 35.2 Å². The Kier molecular flexibility index (Phi) is 28.8. The largest absolute Gasteiger partial charge is 0.445 e. The third kappa shape index (κ3) is 21.4. The summed E-state index contributed by atoms with van der Waals surface area (Å²) < 4.78 is 16.7. The molecule has 1 aromatic rings. The van der Waals surface area contributed by atoms with Crippen molar-refractivity contribution in [3.05, 3.63) is 29.8 Å². The second-order valence-electron chi connectivity index (χ2n) is 17.8. The Balaban J connectivity index is 2.01. The maximum absolute atomic E-state index is 13.4. The van der Waals surface area contributed by atoms with Crippen molar-refractivity contribution < 1.29 is 58.9 Å². The standard InChI is InChI=1S/C47H83N5O12/c1-6-8-9-10-11-12-13-14-15-16-17-18-20-32(5)41(56)36(30-62-46-44(59)43(58)42(57)38(28-53)64-46)51-47(61)63-29-33-22-24-35(25-23-33)50-45(60)34(21-19-26-49-48)27-37(54)40(31(3)4)52-39(55)7-2/h22-25,31-32,34,36,38,40-44,46,49,53,56-59H,6-21,26-30,48H2,1-5H3,(H,50,60)(H,51,61)(H,52,55)/t32-,34-,36+,38?,40+,41-,42+,43+,44?,46+/m1/s1. The molecule has 368 valence electrons. The number of hydrazine groups is 1. The molecule has 17 nitrogen and oxygen atoms in total. The monoisotopic (exact) mass is 910 g/mol. The summed E-state index contributed by atoms with van der Waals surface area (Å²) >= 11 is 0. The van der Waals surface area contributed by atoms with Gasteiger partial charge in [0.25, 0.3) is 0 Å². The van der Waals surface area contributed by atoms with Gasteiger partial charge >= 0.3 is 6.09 Å². The maximum atomic E-state index is 13.4. The van der Waals surface area contributed by atoms with Crippen LogP contribution in [0, 0.1) is 17.8 Å². The Morgan fingerprint density at radius 3 is 1.97 bits per heavy atom. The molecular formula is C47H83N5O12. The molecule has 10 atom stereocenters. The molecule has 0 aliphatic carbocycles. The minimum Gasteiger partial charge on any atom is -0.445 e. The second-order valence-corrected chi connectivity index (χ2v) is 17.8. The molecule has 64 heavy (non-hydrogen) atoms. The number of hydrogen-bond donors (Lipinski definition) is 10. The molecule has 1 aliphatic heterocycles. The van der Waals surface area contributed by atoms with Crippen molar-refractivity contribution in [1.29, 1.82) is 0 Å². The van der Waals surface area contributed by atoms with E-state index in [0.29, 0.717) is 37.1 Å². The molecule has 11 N–H and O–H groups in total. The van der Waals surface area contributed by atoms with Crippen LogP contribution in [0.15, 0.2) is 24.3 Å². The zero-order chi connectivity index (χ0) is 47.4. The Labute approximate surface area is 381 Å². The maximum Gasteiger partial charge on any atom is 0.407 e. The quantitative estimate of drug-likeness (QED) is 0.0259. The van der Waals surface area contributed by atoms with Crippen molar-refractivity contribution in [3.8, 4) is 0 Å². The summed E-state index contributed by atoms with van der Waals surface area (Å²) in [5.41, 5.74) is 3.62. The van der Waals surface area contributed by atoms with E-state index < -0.39 is 67.5 Å². The van der Waals surface area contributed by atoms with Crippen LogP contribution in [0.1, 0.15) is 149 Å². The lowest BCUT2D eigenvalue weighted by Crippen LogP contribution is -2.60. The zero-order valence-corrected chi connectivity index (χ0v) is 39.2. The van der Waals surface area contributed by atoms with Gasteiger partial charge < -0.3 is 55.7 Å². The first-order valence-corrected chi connectivity index (χ1v) is 23.9. The van der Waals surface area contributed by atoms with Gasteiger partial charge in [0.15, 0.2) is 12.1 Å². The van der Waals surface area contributed by atoms with Crippen LogP contribution in [0.4, 0.5) is 10.5 Å². The summed E-state index contributed by atoms with van der Waals surface area (Å²) in [6, 6.07) is 4.89. The molecular weight excluding hydrogens is 827 g/mol. The van der Waals surface area contributed by atoms with Gasteiger partial charge in [0, 0.05) is 31.0 Å². The molecule has 3 amide bonds. The molecule has 0 saturated carbocycles. The van der Waals surface area contributed by atoms with Gasteiger partial charge in [-0.2, -0.15) is 0 Å². The number of aliphatic hydroxyl groups is 5. The molecule has 1 aromatic carbocycles. The lowest BCUT2D eigenvalue weighted by molar-refractivity contribution is -0.303.